The van der Waals surface area contributed by atoms with Gasteiger partial charge in [-0.3, -0.25) is 0 Å². The van der Waals surface area contributed by atoms with Crippen LogP contribution in [0.4, 0.5) is 0 Å². The summed E-state index contributed by atoms with van der Waals surface area (Å²) in [6, 6.07) is 0. The van der Waals surface area contributed by atoms with E-state index in [0.717, 1.165) is 5.92 Å². The Hall–Kier alpha value is -1.04. The number of allylic oxidation sites excluding steroid dienone is 8. The smallest absolute Gasteiger partial charge is 0.0288 e. The lowest BCUT2D eigenvalue weighted by molar-refractivity contribution is 0.521. The van der Waals surface area contributed by atoms with Gasteiger partial charge in [0.15, 0.2) is 0 Å². The first-order valence-corrected chi connectivity index (χ1v) is 11.0. The van der Waals surface area contributed by atoms with Crippen LogP contribution >= 0.6 is 0 Å². The second-order valence-corrected chi connectivity index (χ2v) is 8.26. The minimum Gasteiger partial charge on any atom is -0.0856 e. The van der Waals surface area contributed by atoms with Gasteiger partial charge in [0.2, 0.25) is 0 Å². The number of hydrogen-bond donors (Lipinski definition) is 0. The minimum atomic E-state index is 0.865. The van der Waals surface area contributed by atoms with E-state index < -0.39 is 0 Å². The predicted octanol–water partition coefficient (Wildman–Crippen LogP) is 9.35. The van der Waals surface area contributed by atoms with Gasteiger partial charge in [-0.1, -0.05) is 73.8 Å². The molecule has 0 bridgehead atoms. The van der Waals surface area contributed by atoms with E-state index in [0.29, 0.717) is 0 Å². The molecule has 0 aromatic heterocycles. The molecule has 0 aliphatic rings. The van der Waals surface area contributed by atoms with E-state index in [1.54, 1.807) is 11.1 Å². The molecular formula is C26H46. The Bertz CT molecular complexity index is 470. The largest absolute Gasteiger partial charge is 0.0856 e. The molecule has 0 aromatic rings. The summed E-state index contributed by atoms with van der Waals surface area (Å²) in [5.41, 5.74) is 6.16. The lowest BCUT2D eigenvalue weighted by atomic mass is 10.0. The van der Waals surface area contributed by atoms with Crippen molar-refractivity contribution in [1.82, 2.24) is 0 Å². The molecule has 0 saturated heterocycles. The summed E-state index contributed by atoms with van der Waals surface area (Å²) >= 11 is 0. The van der Waals surface area contributed by atoms with Gasteiger partial charge in [-0.25, -0.2) is 0 Å². The highest BCUT2D eigenvalue weighted by Gasteiger charge is 1.97. The van der Waals surface area contributed by atoms with Gasteiger partial charge in [0.25, 0.3) is 0 Å². The van der Waals surface area contributed by atoms with E-state index in [4.69, 9.17) is 0 Å². The Morgan fingerprint density at radius 2 is 1.00 bits per heavy atom. The second-order valence-electron chi connectivity index (χ2n) is 8.26. The van der Waals surface area contributed by atoms with Gasteiger partial charge < -0.3 is 0 Å². The highest BCUT2D eigenvalue weighted by Crippen LogP contribution is 2.15. The Morgan fingerprint density at radius 1 is 0.615 bits per heavy atom. The predicted molar refractivity (Wildman–Crippen MR) is 122 cm³/mol. The molecule has 0 fully saturated rings. The van der Waals surface area contributed by atoms with E-state index in [1.807, 2.05) is 0 Å². The Balaban J connectivity index is 3.99. The van der Waals surface area contributed by atoms with Crippen molar-refractivity contribution in [2.45, 2.75) is 113 Å². The van der Waals surface area contributed by atoms with Crippen molar-refractivity contribution in [1.29, 1.82) is 0 Å². The Labute approximate surface area is 165 Å². The van der Waals surface area contributed by atoms with Crippen LogP contribution in [0.3, 0.4) is 0 Å². The third-order valence-corrected chi connectivity index (χ3v) is 5.50. The van der Waals surface area contributed by atoms with Crippen LogP contribution in [0.2, 0.25) is 0 Å². The molecule has 0 radical (unpaired) electrons. The molecule has 0 N–H and O–H groups in total. The quantitative estimate of drug-likeness (QED) is 0.271. The van der Waals surface area contributed by atoms with Crippen molar-refractivity contribution in [2.24, 2.45) is 5.92 Å². The average Bonchev–Trinajstić information content (AvgIpc) is 2.61. The zero-order valence-electron chi connectivity index (χ0n) is 19.0. The fourth-order valence-corrected chi connectivity index (χ4v) is 2.91. The monoisotopic (exact) mass is 358 g/mol. The van der Waals surface area contributed by atoms with Gasteiger partial charge in [0.1, 0.15) is 0 Å². The fourth-order valence-electron chi connectivity index (χ4n) is 2.91. The molecule has 0 saturated carbocycles. The summed E-state index contributed by atoms with van der Waals surface area (Å²) in [5.74, 6) is 0.865. The SMILES string of the molecule is CC/C(C)=C/CC/C(C)=C/CC/C(C)=C/CC/C(C)=C/CCC(C)CC. The maximum Gasteiger partial charge on any atom is -0.0288 e. The summed E-state index contributed by atoms with van der Waals surface area (Å²) in [5, 5.41) is 0. The van der Waals surface area contributed by atoms with E-state index in [-0.39, 0.29) is 0 Å². The Morgan fingerprint density at radius 3 is 1.38 bits per heavy atom. The Kier molecular flexibility index (Phi) is 15.5. The van der Waals surface area contributed by atoms with Crippen LogP contribution < -0.4 is 0 Å². The molecule has 1 atom stereocenters. The maximum absolute atomic E-state index is 2.45. The molecule has 1 unspecified atom stereocenters. The number of hydrogen-bond acceptors (Lipinski definition) is 0. The molecule has 150 valence electrons. The molecule has 0 aliphatic heterocycles. The molecular weight excluding hydrogens is 312 g/mol. The van der Waals surface area contributed by atoms with Crippen molar-refractivity contribution < 1.29 is 0 Å². The van der Waals surface area contributed by atoms with Crippen LogP contribution in [-0.2, 0) is 0 Å². The first kappa shape index (κ1) is 25.0. The normalized spacial score (nSPS) is 15.5. The van der Waals surface area contributed by atoms with Gasteiger partial charge in [-0.15, -0.1) is 0 Å². The lowest BCUT2D eigenvalue weighted by Crippen LogP contribution is -1.90. The molecule has 0 spiro atoms. The van der Waals surface area contributed by atoms with Gasteiger partial charge in [-0.05, 0) is 91.4 Å². The van der Waals surface area contributed by atoms with E-state index in [9.17, 15) is 0 Å². The highest BCUT2D eigenvalue weighted by atomic mass is 14.0. The summed E-state index contributed by atoms with van der Waals surface area (Å²) in [6.07, 6.45) is 22.0. The van der Waals surface area contributed by atoms with Gasteiger partial charge in [0.05, 0.1) is 0 Å². The zero-order valence-corrected chi connectivity index (χ0v) is 19.0. The summed E-state index contributed by atoms with van der Waals surface area (Å²) in [7, 11) is 0. The molecule has 0 amide bonds. The molecule has 0 rings (SSSR count). The van der Waals surface area contributed by atoms with Crippen molar-refractivity contribution >= 4 is 0 Å². The number of rotatable bonds is 14. The van der Waals surface area contributed by atoms with Crippen LogP contribution in [0.1, 0.15) is 113 Å². The van der Waals surface area contributed by atoms with E-state index in [2.05, 4.69) is 72.8 Å². The van der Waals surface area contributed by atoms with Gasteiger partial charge in [0, 0.05) is 0 Å². The first-order valence-electron chi connectivity index (χ1n) is 11.0. The van der Waals surface area contributed by atoms with E-state index in [1.165, 1.54) is 75.4 Å². The van der Waals surface area contributed by atoms with Crippen molar-refractivity contribution in [2.75, 3.05) is 0 Å². The maximum atomic E-state index is 2.45. The molecule has 0 heterocycles. The van der Waals surface area contributed by atoms with Gasteiger partial charge in [-0.2, -0.15) is 0 Å². The summed E-state index contributed by atoms with van der Waals surface area (Å²) in [4.78, 5) is 0. The average molecular weight is 359 g/mol. The summed E-state index contributed by atoms with van der Waals surface area (Å²) in [6.45, 7) is 16.0. The van der Waals surface area contributed by atoms with Crippen molar-refractivity contribution in [3.8, 4) is 0 Å². The molecule has 26 heavy (non-hydrogen) atoms. The summed E-state index contributed by atoms with van der Waals surface area (Å²) < 4.78 is 0. The lowest BCUT2D eigenvalue weighted by Gasteiger charge is -2.06. The van der Waals surface area contributed by atoms with Crippen LogP contribution in [-0.4, -0.2) is 0 Å². The van der Waals surface area contributed by atoms with E-state index >= 15 is 0 Å². The first-order chi connectivity index (χ1) is 12.4. The van der Waals surface area contributed by atoms with Crippen LogP contribution in [0.5, 0.6) is 0 Å². The molecule has 0 aliphatic carbocycles. The standard InChI is InChI=1S/C26H46/c1-8-22(3)14-10-16-24(5)18-12-20-26(7)21-13-19-25(6)17-11-15-23(4)9-2/h14,17-18,21,23H,8-13,15-16,19-20H2,1-7H3/b22-14+,24-18+,25-17+,26-21+. The zero-order chi connectivity index (χ0) is 19.8. The minimum absolute atomic E-state index is 0.865. The highest BCUT2D eigenvalue weighted by molar-refractivity contribution is 5.07. The van der Waals surface area contributed by atoms with Crippen molar-refractivity contribution in [3.05, 3.63) is 46.6 Å². The second kappa shape index (κ2) is 16.2. The van der Waals surface area contributed by atoms with Crippen LogP contribution in [0.15, 0.2) is 46.6 Å². The van der Waals surface area contributed by atoms with Crippen LogP contribution in [0, 0.1) is 5.92 Å². The molecule has 0 heteroatoms. The molecule has 0 nitrogen and oxygen atoms in total. The third kappa shape index (κ3) is 15.2. The van der Waals surface area contributed by atoms with Crippen LogP contribution in [0.25, 0.3) is 0 Å². The third-order valence-electron chi connectivity index (χ3n) is 5.50. The van der Waals surface area contributed by atoms with Gasteiger partial charge >= 0.3 is 0 Å². The molecule has 0 aromatic carbocycles. The fraction of sp³-hybridized carbons (Fsp3) is 0.692. The topological polar surface area (TPSA) is 0 Å². The van der Waals surface area contributed by atoms with Crippen molar-refractivity contribution in [3.63, 3.8) is 0 Å².